The van der Waals surface area contributed by atoms with Crippen LogP contribution in [0.1, 0.15) is 37.0 Å². The summed E-state index contributed by atoms with van der Waals surface area (Å²) in [5.74, 6) is 0.156. The van der Waals surface area contributed by atoms with E-state index in [4.69, 9.17) is 16.3 Å². The van der Waals surface area contributed by atoms with E-state index in [0.717, 1.165) is 0 Å². The van der Waals surface area contributed by atoms with Gasteiger partial charge in [-0.1, -0.05) is 0 Å². The van der Waals surface area contributed by atoms with Crippen molar-refractivity contribution < 1.29 is 19.1 Å². The molecule has 25 heavy (non-hydrogen) atoms. The molecule has 2 unspecified atom stereocenters. The number of Topliss-reactive ketones (excluding diaryl/α,β-unsaturated/α-hetero) is 1. The van der Waals surface area contributed by atoms with Gasteiger partial charge in [-0.15, -0.1) is 11.6 Å². The Kier molecular flexibility index (Phi) is 4.99. The number of ether oxygens (including phenoxy) is 1. The molecule has 0 bridgehead atoms. The summed E-state index contributed by atoms with van der Waals surface area (Å²) in [6, 6.07) is 5.11. The lowest BCUT2D eigenvalue weighted by atomic mass is 9.88. The number of nitrogens with zero attached hydrogens (tertiary/aromatic N) is 1. The Morgan fingerprint density at radius 1 is 1.32 bits per heavy atom. The quantitative estimate of drug-likeness (QED) is 0.660. The van der Waals surface area contributed by atoms with Crippen molar-refractivity contribution in [2.75, 3.05) is 18.4 Å². The van der Waals surface area contributed by atoms with Gasteiger partial charge in [0.05, 0.1) is 5.69 Å². The molecular formula is C18H21ClN2O4. The molecular weight excluding hydrogens is 344 g/mol. The number of likely N-dealkylation sites (tertiary alicyclic amines) is 1. The Morgan fingerprint density at radius 2 is 2.00 bits per heavy atom. The Labute approximate surface area is 151 Å². The fraction of sp³-hybridized carbons (Fsp3) is 0.500. The van der Waals surface area contributed by atoms with Crippen LogP contribution in [0.25, 0.3) is 0 Å². The SMILES string of the molecule is CC(Cl)C(=O)N1CCC(C(=O)c2ccc3c(c2)NC(=O)C(C)O3)CC1. The first-order valence-electron chi connectivity index (χ1n) is 8.45. The zero-order valence-electron chi connectivity index (χ0n) is 14.3. The highest BCUT2D eigenvalue weighted by atomic mass is 35.5. The Bertz CT molecular complexity index is 711. The number of piperidine rings is 1. The average molecular weight is 365 g/mol. The standard InChI is InChI=1S/C18H21ClN2O4/c1-10(19)18(24)21-7-5-12(6-8-21)16(22)13-3-4-15-14(9-13)20-17(23)11(2)25-15/h3-4,9-12H,5-8H2,1-2H3,(H,20,23). The topological polar surface area (TPSA) is 75.7 Å². The van der Waals surface area contributed by atoms with E-state index >= 15 is 0 Å². The van der Waals surface area contributed by atoms with Crippen molar-refractivity contribution in [3.05, 3.63) is 23.8 Å². The summed E-state index contributed by atoms with van der Waals surface area (Å²) < 4.78 is 5.51. The lowest BCUT2D eigenvalue weighted by Gasteiger charge is -2.32. The molecule has 0 radical (unpaired) electrons. The minimum absolute atomic E-state index is 0.0293. The number of ketones is 1. The number of hydrogen-bond acceptors (Lipinski definition) is 4. The summed E-state index contributed by atoms with van der Waals surface area (Å²) in [5, 5.41) is 2.22. The van der Waals surface area contributed by atoms with Crippen LogP contribution in [0.3, 0.4) is 0 Å². The molecule has 0 spiro atoms. The normalized spacial score (nSPS) is 21.8. The zero-order chi connectivity index (χ0) is 18.1. The summed E-state index contributed by atoms with van der Waals surface area (Å²) in [5.41, 5.74) is 1.07. The molecule has 0 aliphatic carbocycles. The van der Waals surface area contributed by atoms with Gasteiger partial charge in [0.25, 0.3) is 5.91 Å². The highest BCUT2D eigenvalue weighted by molar-refractivity contribution is 6.30. The van der Waals surface area contributed by atoms with E-state index in [1.54, 1.807) is 36.9 Å². The maximum atomic E-state index is 12.8. The first-order valence-corrected chi connectivity index (χ1v) is 8.89. The Balaban J connectivity index is 1.68. The number of nitrogens with one attached hydrogen (secondary N) is 1. The number of alkyl halides is 1. The van der Waals surface area contributed by atoms with E-state index in [1.807, 2.05) is 0 Å². The van der Waals surface area contributed by atoms with E-state index in [1.165, 1.54) is 0 Å². The summed E-state index contributed by atoms with van der Waals surface area (Å²) in [7, 11) is 0. The third kappa shape index (κ3) is 3.63. The molecule has 0 aromatic heterocycles. The molecule has 2 atom stereocenters. The number of fused-ring (bicyclic) bond motifs is 1. The van der Waals surface area contributed by atoms with Crippen molar-refractivity contribution in [1.82, 2.24) is 4.90 Å². The second-order valence-electron chi connectivity index (χ2n) is 6.54. The van der Waals surface area contributed by atoms with Gasteiger partial charge in [-0.3, -0.25) is 14.4 Å². The fourth-order valence-corrected chi connectivity index (χ4v) is 3.35. The van der Waals surface area contributed by atoms with Crippen LogP contribution >= 0.6 is 11.6 Å². The Hall–Kier alpha value is -2.08. The molecule has 0 saturated carbocycles. The highest BCUT2D eigenvalue weighted by Crippen LogP contribution is 2.32. The van der Waals surface area contributed by atoms with Crippen LogP contribution in [0, 0.1) is 5.92 Å². The van der Waals surface area contributed by atoms with E-state index < -0.39 is 11.5 Å². The van der Waals surface area contributed by atoms with Crippen LogP contribution in [0.15, 0.2) is 18.2 Å². The molecule has 7 heteroatoms. The molecule has 6 nitrogen and oxygen atoms in total. The van der Waals surface area contributed by atoms with Crippen molar-refractivity contribution in [1.29, 1.82) is 0 Å². The van der Waals surface area contributed by atoms with Crippen molar-refractivity contribution in [2.24, 2.45) is 5.92 Å². The van der Waals surface area contributed by atoms with Gasteiger partial charge in [0.15, 0.2) is 11.9 Å². The zero-order valence-corrected chi connectivity index (χ0v) is 15.0. The second kappa shape index (κ2) is 7.04. The summed E-state index contributed by atoms with van der Waals surface area (Å²) in [4.78, 5) is 38.1. The number of carbonyl (C=O) groups excluding carboxylic acids is 3. The van der Waals surface area contributed by atoms with Gasteiger partial charge in [0.1, 0.15) is 11.1 Å². The third-order valence-electron chi connectivity index (χ3n) is 4.71. The minimum atomic E-state index is -0.543. The molecule has 1 aromatic carbocycles. The molecule has 1 N–H and O–H groups in total. The molecule has 1 saturated heterocycles. The van der Waals surface area contributed by atoms with Crippen LogP contribution < -0.4 is 10.1 Å². The van der Waals surface area contributed by atoms with Gasteiger partial charge >= 0.3 is 0 Å². The fourth-order valence-electron chi connectivity index (χ4n) is 3.21. The number of anilines is 1. The van der Waals surface area contributed by atoms with Crippen molar-refractivity contribution in [3.63, 3.8) is 0 Å². The molecule has 2 heterocycles. The minimum Gasteiger partial charge on any atom is -0.479 e. The van der Waals surface area contributed by atoms with Gasteiger partial charge < -0.3 is 15.0 Å². The molecule has 134 valence electrons. The predicted octanol–water partition coefficient (Wildman–Crippen LogP) is 2.45. The summed E-state index contributed by atoms with van der Waals surface area (Å²) in [6.07, 6.45) is 0.691. The lowest BCUT2D eigenvalue weighted by molar-refractivity contribution is -0.131. The van der Waals surface area contributed by atoms with E-state index in [0.29, 0.717) is 42.9 Å². The van der Waals surface area contributed by atoms with Gasteiger partial charge in [0.2, 0.25) is 5.91 Å². The van der Waals surface area contributed by atoms with Gasteiger partial charge in [-0.2, -0.15) is 0 Å². The first kappa shape index (κ1) is 17.7. The lowest BCUT2D eigenvalue weighted by Crippen LogP contribution is -2.43. The molecule has 2 amide bonds. The number of carbonyl (C=O) groups is 3. The van der Waals surface area contributed by atoms with Crippen LogP contribution in [0.4, 0.5) is 5.69 Å². The van der Waals surface area contributed by atoms with Gasteiger partial charge in [0, 0.05) is 24.6 Å². The molecule has 3 rings (SSSR count). The average Bonchev–Trinajstić information content (AvgIpc) is 2.61. The van der Waals surface area contributed by atoms with E-state index in [-0.39, 0.29) is 23.5 Å². The molecule has 1 fully saturated rings. The first-order chi connectivity index (χ1) is 11.9. The van der Waals surface area contributed by atoms with Gasteiger partial charge in [-0.25, -0.2) is 0 Å². The number of hydrogen-bond donors (Lipinski definition) is 1. The van der Waals surface area contributed by atoms with Crippen LogP contribution in [0.2, 0.25) is 0 Å². The number of amides is 2. The van der Waals surface area contributed by atoms with Crippen LogP contribution in [-0.2, 0) is 9.59 Å². The molecule has 1 aromatic rings. The second-order valence-corrected chi connectivity index (χ2v) is 7.19. The van der Waals surface area contributed by atoms with Gasteiger partial charge in [-0.05, 0) is 44.9 Å². The van der Waals surface area contributed by atoms with Crippen molar-refractivity contribution in [2.45, 2.75) is 38.2 Å². The van der Waals surface area contributed by atoms with Crippen LogP contribution in [0.5, 0.6) is 5.75 Å². The number of halogens is 1. The highest BCUT2D eigenvalue weighted by Gasteiger charge is 2.30. The summed E-state index contributed by atoms with van der Waals surface area (Å²) in [6.45, 7) is 4.41. The maximum absolute atomic E-state index is 12.8. The molecule has 2 aliphatic rings. The van der Waals surface area contributed by atoms with E-state index in [9.17, 15) is 14.4 Å². The number of benzene rings is 1. The van der Waals surface area contributed by atoms with Crippen LogP contribution in [-0.4, -0.2) is 47.1 Å². The van der Waals surface area contributed by atoms with Crippen molar-refractivity contribution in [3.8, 4) is 5.75 Å². The number of rotatable bonds is 3. The van der Waals surface area contributed by atoms with E-state index in [2.05, 4.69) is 5.32 Å². The smallest absolute Gasteiger partial charge is 0.265 e. The molecule has 2 aliphatic heterocycles. The Morgan fingerprint density at radius 3 is 2.64 bits per heavy atom. The monoisotopic (exact) mass is 364 g/mol. The third-order valence-corrected chi connectivity index (χ3v) is 4.90. The largest absolute Gasteiger partial charge is 0.479 e. The maximum Gasteiger partial charge on any atom is 0.265 e. The van der Waals surface area contributed by atoms with Crippen molar-refractivity contribution >= 4 is 34.9 Å². The summed E-state index contributed by atoms with van der Waals surface area (Å²) >= 11 is 5.84. The predicted molar refractivity (Wildman–Crippen MR) is 94.1 cm³/mol.